The van der Waals surface area contributed by atoms with Gasteiger partial charge in [-0.1, -0.05) is 17.7 Å². The van der Waals surface area contributed by atoms with Crippen LogP contribution in [-0.4, -0.2) is 32.5 Å². The Bertz CT molecular complexity index is 307. The summed E-state index contributed by atoms with van der Waals surface area (Å²) in [4.78, 5) is 1.11. The number of aryl methyl sites for hydroxylation is 1. The van der Waals surface area contributed by atoms with Crippen molar-refractivity contribution in [2.45, 2.75) is 17.9 Å². The SMILES string of the molecule is Cc1ccc(SOCC2COCCO2)cc1. The minimum atomic E-state index is 0.0756. The number of benzene rings is 1. The Balaban J connectivity index is 1.69. The molecular weight excluding hydrogens is 224 g/mol. The zero-order valence-corrected chi connectivity index (χ0v) is 10.2. The molecule has 88 valence electrons. The van der Waals surface area contributed by atoms with Crippen molar-refractivity contribution in [3.05, 3.63) is 29.8 Å². The first-order chi connectivity index (χ1) is 7.84. The molecule has 0 aromatic heterocycles. The van der Waals surface area contributed by atoms with Crippen molar-refractivity contribution in [1.82, 2.24) is 0 Å². The molecule has 0 N–H and O–H groups in total. The van der Waals surface area contributed by atoms with Crippen LogP contribution in [0.15, 0.2) is 29.2 Å². The van der Waals surface area contributed by atoms with Gasteiger partial charge in [0, 0.05) is 16.9 Å². The fourth-order valence-corrected chi connectivity index (χ4v) is 2.01. The maximum atomic E-state index is 5.51. The van der Waals surface area contributed by atoms with Crippen LogP contribution in [0.4, 0.5) is 0 Å². The fraction of sp³-hybridized carbons (Fsp3) is 0.500. The molecule has 1 saturated heterocycles. The molecule has 1 unspecified atom stereocenters. The van der Waals surface area contributed by atoms with E-state index in [2.05, 4.69) is 31.2 Å². The molecule has 0 bridgehead atoms. The van der Waals surface area contributed by atoms with Crippen molar-refractivity contribution in [3.8, 4) is 0 Å². The highest BCUT2D eigenvalue weighted by atomic mass is 32.2. The van der Waals surface area contributed by atoms with Gasteiger partial charge < -0.3 is 13.7 Å². The Labute approximate surface area is 100 Å². The molecule has 0 radical (unpaired) electrons. The molecule has 1 aromatic carbocycles. The van der Waals surface area contributed by atoms with E-state index >= 15 is 0 Å². The molecule has 1 aromatic rings. The Morgan fingerprint density at radius 2 is 2.12 bits per heavy atom. The average Bonchev–Trinajstić information content (AvgIpc) is 2.33. The van der Waals surface area contributed by atoms with Crippen molar-refractivity contribution in [1.29, 1.82) is 0 Å². The van der Waals surface area contributed by atoms with Gasteiger partial charge in [0.05, 0.1) is 26.4 Å². The first-order valence-electron chi connectivity index (χ1n) is 5.40. The third-order valence-electron chi connectivity index (χ3n) is 2.32. The quantitative estimate of drug-likeness (QED) is 0.755. The van der Waals surface area contributed by atoms with Crippen LogP contribution < -0.4 is 0 Å². The van der Waals surface area contributed by atoms with Gasteiger partial charge in [0.25, 0.3) is 0 Å². The maximum Gasteiger partial charge on any atom is 0.105 e. The second-order valence-corrected chi connectivity index (χ2v) is 4.62. The Morgan fingerprint density at radius 3 is 2.81 bits per heavy atom. The topological polar surface area (TPSA) is 27.7 Å². The van der Waals surface area contributed by atoms with Crippen LogP contribution in [0.3, 0.4) is 0 Å². The maximum absolute atomic E-state index is 5.51. The summed E-state index contributed by atoms with van der Waals surface area (Å²) in [5.41, 5.74) is 1.26. The van der Waals surface area contributed by atoms with Crippen LogP contribution in [0.5, 0.6) is 0 Å². The molecule has 3 nitrogen and oxygen atoms in total. The van der Waals surface area contributed by atoms with Gasteiger partial charge in [0.15, 0.2) is 0 Å². The van der Waals surface area contributed by atoms with E-state index in [1.165, 1.54) is 17.6 Å². The third-order valence-corrected chi connectivity index (χ3v) is 3.03. The van der Waals surface area contributed by atoms with Crippen LogP contribution in [0.2, 0.25) is 0 Å². The lowest BCUT2D eigenvalue weighted by Crippen LogP contribution is -2.31. The van der Waals surface area contributed by atoms with Gasteiger partial charge in [-0.25, -0.2) is 0 Å². The molecule has 16 heavy (non-hydrogen) atoms. The van der Waals surface area contributed by atoms with Gasteiger partial charge >= 0.3 is 0 Å². The summed E-state index contributed by atoms with van der Waals surface area (Å²) >= 11 is 1.39. The molecule has 4 heteroatoms. The number of rotatable bonds is 4. The van der Waals surface area contributed by atoms with E-state index in [0.29, 0.717) is 26.4 Å². The summed E-state index contributed by atoms with van der Waals surface area (Å²) in [6.07, 6.45) is 0.0756. The minimum absolute atomic E-state index is 0.0756. The summed E-state index contributed by atoms with van der Waals surface area (Å²) in [6.45, 7) is 4.64. The summed E-state index contributed by atoms with van der Waals surface area (Å²) in [5.74, 6) is 0. The average molecular weight is 240 g/mol. The lowest BCUT2D eigenvalue weighted by Gasteiger charge is -2.22. The normalized spacial score (nSPS) is 20.9. The van der Waals surface area contributed by atoms with Gasteiger partial charge in [0.1, 0.15) is 6.10 Å². The summed E-state index contributed by atoms with van der Waals surface area (Å²) in [6, 6.07) is 8.26. The number of ether oxygens (including phenoxy) is 2. The fourth-order valence-electron chi connectivity index (χ4n) is 1.40. The van der Waals surface area contributed by atoms with Gasteiger partial charge in [-0.15, -0.1) is 0 Å². The van der Waals surface area contributed by atoms with Crippen molar-refractivity contribution in [3.63, 3.8) is 0 Å². The molecule has 0 amide bonds. The minimum Gasteiger partial charge on any atom is -0.376 e. The van der Waals surface area contributed by atoms with Crippen LogP contribution >= 0.6 is 12.0 Å². The lowest BCUT2D eigenvalue weighted by atomic mass is 10.2. The highest BCUT2D eigenvalue weighted by molar-refractivity contribution is 7.94. The van der Waals surface area contributed by atoms with Crippen LogP contribution in [-0.2, 0) is 13.7 Å². The van der Waals surface area contributed by atoms with Crippen molar-refractivity contribution in [2.24, 2.45) is 0 Å². The largest absolute Gasteiger partial charge is 0.376 e. The third kappa shape index (κ3) is 3.79. The molecule has 0 aliphatic carbocycles. The monoisotopic (exact) mass is 240 g/mol. The van der Waals surface area contributed by atoms with E-state index in [0.717, 1.165) is 4.90 Å². The molecule has 1 heterocycles. The van der Waals surface area contributed by atoms with E-state index in [-0.39, 0.29) is 6.10 Å². The first kappa shape index (κ1) is 11.9. The Kier molecular flexibility index (Phi) is 4.66. The predicted octanol–water partition coefficient (Wildman–Crippen LogP) is 2.43. The van der Waals surface area contributed by atoms with Crippen molar-refractivity contribution in [2.75, 3.05) is 26.4 Å². The molecule has 1 atom stereocenters. The smallest absolute Gasteiger partial charge is 0.105 e. The predicted molar refractivity (Wildman–Crippen MR) is 63.5 cm³/mol. The summed E-state index contributed by atoms with van der Waals surface area (Å²) in [5, 5.41) is 0. The standard InChI is InChI=1S/C12H16O3S/c1-10-2-4-12(5-3-10)16-15-9-11-8-13-6-7-14-11/h2-5,11H,6-9H2,1H3. The number of hydrogen-bond acceptors (Lipinski definition) is 4. The molecule has 1 aliphatic rings. The van der Waals surface area contributed by atoms with Crippen molar-refractivity contribution < 1.29 is 13.7 Å². The van der Waals surface area contributed by atoms with E-state index in [1.807, 2.05) is 0 Å². The molecule has 1 fully saturated rings. The molecule has 0 spiro atoms. The van der Waals surface area contributed by atoms with E-state index in [1.54, 1.807) is 0 Å². The van der Waals surface area contributed by atoms with Crippen LogP contribution in [0.25, 0.3) is 0 Å². The molecule has 1 aliphatic heterocycles. The van der Waals surface area contributed by atoms with Crippen LogP contribution in [0, 0.1) is 6.92 Å². The van der Waals surface area contributed by atoms with E-state index in [4.69, 9.17) is 13.7 Å². The molecular formula is C12H16O3S. The highest BCUT2D eigenvalue weighted by Gasteiger charge is 2.14. The second-order valence-electron chi connectivity index (χ2n) is 3.75. The Hall–Kier alpha value is -0.550. The van der Waals surface area contributed by atoms with Crippen LogP contribution in [0.1, 0.15) is 5.56 Å². The van der Waals surface area contributed by atoms with Gasteiger partial charge in [-0.3, -0.25) is 0 Å². The second kappa shape index (κ2) is 6.25. The van der Waals surface area contributed by atoms with Gasteiger partial charge in [-0.05, 0) is 19.1 Å². The molecule has 0 saturated carbocycles. The Morgan fingerprint density at radius 1 is 1.31 bits per heavy atom. The number of hydrogen-bond donors (Lipinski definition) is 0. The highest BCUT2D eigenvalue weighted by Crippen LogP contribution is 2.20. The lowest BCUT2D eigenvalue weighted by molar-refractivity contribution is -0.0994. The van der Waals surface area contributed by atoms with E-state index < -0.39 is 0 Å². The first-order valence-corrected chi connectivity index (χ1v) is 6.14. The van der Waals surface area contributed by atoms with Gasteiger partial charge in [0.2, 0.25) is 0 Å². The molecule has 2 rings (SSSR count). The van der Waals surface area contributed by atoms with E-state index in [9.17, 15) is 0 Å². The summed E-state index contributed by atoms with van der Waals surface area (Å²) in [7, 11) is 0. The zero-order valence-electron chi connectivity index (χ0n) is 9.35. The zero-order chi connectivity index (χ0) is 11.2. The van der Waals surface area contributed by atoms with Crippen molar-refractivity contribution >= 4 is 12.0 Å². The summed E-state index contributed by atoms with van der Waals surface area (Å²) < 4.78 is 16.3. The van der Waals surface area contributed by atoms with Gasteiger partial charge in [-0.2, -0.15) is 0 Å².